The first kappa shape index (κ1) is 18.3. The van der Waals surface area contributed by atoms with Crippen LogP contribution in [0.4, 0.5) is 4.79 Å². The van der Waals surface area contributed by atoms with E-state index in [4.69, 9.17) is 0 Å². The maximum atomic E-state index is 12.3. The maximum Gasteiger partial charge on any atom is 0.293 e. The van der Waals surface area contributed by atoms with Gasteiger partial charge in [-0.05, 0) is 28.8 Å². The van der Waals surface area contributed by atoms with Crippen molar-refractivity contribution in [3.63, 3.8) is 0 Å². The fraction of sp³-hybridized carbons (Fsp3) is 0.389. The van der Waals surface area contributed by atoms with E-state index in [9.17, 15) is 14.4 Å². The predicted octanol–water partition coefficient (Wildman–Crippen LogP) is 3.28. The molecule has 1 aromatic rings. The van der Waals surface area contributed by atoms with E-state index in [1.165, 1.54) is 4.90 Å². The number of imide groups is 1. The number of nitrogens with zero attached hydrogens (tertiary/aromatic N) is 1. The average molecular weight is 346 g/mol. The van der Waals surface area contributed by atoms with Crippen LogP contribution in [0.3, 0.4) is 0 Å². The SMILES string of the molecule is CC(C)(C)CC(=O)NCCN1C(=O)S/C(=C\c2ccccc2)C1=O. The molecule has 1 aliphatic heterocycles. The lowest BCUT2D eigenvalue weighted by Crippen LogP contribution is -2.38. The van der Waals surface area contributed by atoms with E-state index in [-0.39, 0.29) is 35.6 Å². The summed E-state index contributed by atoms with van der Waals surface area (Å²) < 4.78 is 0. The smallest absolute Gasteiger partial charge is 0.293 e. The molecule has 5 nitrogen and oxygen atoms in total. The Morgan fingerprint density at radius 1 is 1.21 bits per heavy atom. The van der Waals surface area contributed by atoms with Crippen LogP contribution in [0.2, 0.25) is 0 Å². The summed E-state index contributed by atoms with van der Waals surface area (Å²) in [5, 5.41) is 2.46. The second-order valence-electron chi connectivity index (χ2n) is 6.83. The molecular formula is C18H22N2O3S. The molecule has 0 saturated carbocycles. The predicted molar refractivity (Wildman–Crippen MR) is 96.2 cm³/mol. The Labute approximate surface area is 146 Å². The Morgan fingerprint density at radius 3 is 2.50 bits per heavy atom. The van der Waals surface area contributed by atoms with Crippen molar-refractivity contribution in [1.29, 1.82) is 0 Å². The third-order valence-electron chi connectivity index (χ3n) is 3.32. The largest absolute Gasteiger partial charge is 0.354 e. The summed E-state index contributed by atoms with van der Waals surface area (Å²) in [6, 6.07) is 9.40. The van der Waals surface area contributed by atoms with E-state index in [0.29, 0.717) is 11.3 Å². The van der Waals surface area contributed by atoms with Crippen molar-refractivity contribution in [2.24, 2.45) is 5.41 Å². The second-order valence-corrected chi connectivity index (χ2v) is 7.82. The monoisotopic (exact) mass is 346 g/mol. The summed E-state index contributed by atoms with van der Waals surface area (Å²) >= 11 is 0.931. The zero-order valence-corrected chi connectivity index (χ0v) is 15.0. The summed E-state index contributed by atoms with van der Waals surface area (Å²) in [5.74, 6) is -0.381. The van der Waals surface area contributed by atoms with E-state index in [2.05, 4.69) is 5.32 Å². The van der Waals surface area contributed by atoms with Crippen molar-refractivity contribution in [3.05, 3.63) is 40.8 Å². The molecule has 1 aliphatic rings. The molecule has 1 aromatic carbocycles. The van der Waals surface area contributed by atoms with E-state index >= 15 is 0 Å². The van der Waals surface area contributed by atoms with Crippen molar-refractivity contribution in [2.75, 3.05) is 13.1 Å². The van der Waals surface area contributed by atoms with Gasteiger partial charge in [-0.2, -0.15) is 0 Å². The quantitative estimate of drug-likeness (QED) is 0.831. The van der Waals surface area contributed by atoms with Crippen LogP contribution in [0.5, 0.6) is 0 Å². The Kier molecular flexibility index (Phi) is 5.83. The summed E-state index contributed by atoms with van der Waals surface area (Å²) in [6.07, 6.45) is 2.12. The molecule has 1 saturated heterocycles. The van der Waals surface area contributed by atoms with Crippen molar-refractivity contribution in [3.8, 4) is 0 Å². The first-order valence-corrected chi connectivity index (χ1v) is 8.65. The minimum Gasteiger partial charge on any atom is -0.354 e. The molecule has 0 aromatic heterocycles. The van der Waals surface area contributed by atoms with Crippen molar-refractivity contribution < 1.29 is 14.4 Å². The highest BCUT2D eigenvalue weighted by molar-refractivity contribution is 8.18. The molecule has 3 amide bonds. The van der Waals surface area contributed by atoms with Crippen molar-refractivity contribution >= 4 is 34.9 Å². The molecule has 1 fully saturated rings. The third-order valence-corrected chi connectivity index (χ3v) is 4.23. The lowest BCUT2D eigenvalue weighted by molar-refractivity contribution is -0.125. The standard InChI is InChI=1S/C18H22N2O3S/c1-18(2,3)12-15(21)19-9-10-20-16(22)14(24-17(20)23)11-13-7-5-4-6-8-13/h4-8,11H,9-10,12H2,1-3H3,(H,19,21)/b14-11-. The van der Waals surface area contributed by atoms with Gasteiger partial charge in [-0.1, -0.05) is 51.1 Å². The summed E-state index contributed by atoms with van der Waals surface area (Å²) in [4.78, 5) is 37.7. The fourth-order valence-electron chi connectivity index (χ4n) is 2.24. The molecule has 128 valence electrons. The van der Waals surface area contributed by atoms with E-state index < -0.39 is 0 Å². The first-order valence-electron chi connectivity index (χ1n) is 7.83. The number of amides is 3. The number of benzene rings is 1. The summed E-state index contributed by atoms with van der Waals surface area (Å²) in [7, 11) is 0. The third kappa shape index (κ3) is 5.23. The topological polar surface area (TPSA) is 66.5 Å². The molecule has 6 heteroatoms. The van der Waals surface area contributed by atoms with Crippen LogP contribution in [0, 0.1) is 5.41 Å². The molecule has 0 atom stereocenters. The highest BCUT2D eigenvalue weighted by Crippen LogP contribution is 2.31. The zero-order chi connectivity index (χ0) is 17.7. The van der Waals surface area contributed by atoms with Gasteiger partial charge in [0.15, 0.2) is 0 Å². The van der Waals surface area contributed by atoms with Gasteiger partial charge in [0.2, 0.25) is 5.91 Å². The van der Waals surface area contributed by atoms with Gasteiger partial charge < -0.3 is 5.32 Å². The highest BCUT2D eigenvalue weighted by atomic mass is 32.2. The molecule has 1 N–H and O–H groups in total. The van der Waals surface area contributed by atoms with Crippen LogP contribution in [-0.4, -0.2) is 35.0 Å². The Bertz CT molecular complexity index is 663. The molecule has 0 radical (unpaired) electrons. The normalized spacial score (nSPS) is 16.8. The molecular weight excluding hydrogens is 324 g/mol. The van der Waals surface area contributed by atoms with Crippen molar-refractivity contribution in [1.82, 2.24) is 10.2 Å². The van der Waals surface area contributed by atoms with Gasteiger partial charge in [0.05, 0.1) is 4.91 Å². The average Bonchev–Trinajstić information content (AvgIpc) is 2.74. The van der Waals surface area contributed by atoms with Gasteiger partial charge in [0.1, 0.15) is 0 Å². The molecule has 0 unspecified atom stereocenters. The Morgan fingerprint density at radius 2 is 1.88 bits per heavy atom. The summed E-state index contributed by atoms with van der Waals surface area (Å²) in [6.45, 7) is 6.41. The molecule has 0 spiro atoms. The maximum absolute atomic E-state index is 12.3. The lowest BCUT2D eigenvalue weighted by atomic mass is 9.92. The van der Waals surface area contributed by atoms with E-state index in [1.807, 2.05) is 51.1 Å². The van der Waals surface area contributed by atoms with Crippen LogP contribution in [0.15, 0.2) is 35.2 Å². The minimum atomic E-state index is -0.307. The van der Waals surface area contributed by atoms with Crippen LogP contribution >= 0.6 is 11.8 Å². The zero-order valence-electron chi connectivity index (χ0n) is 14.2. The number of rotatable bonds is 5. The van der Waals surface area contributed by atoms with Crippen LogP contribution in [0.1, 0.15) is 32.8 Å². The van der Waals surface area contributed by atoms with Gasteiger partial charge >= 0.3 is 0 Å². The van der Waals surface area contributed by atoms with Crippen molar-refractivity contribution in [2.45, 2.75) is 27.2 Å². The molecule has 0 bridgehead atoms. The van der Waals surface area contributed by atoms with Gasteiger partial charge in [-0.25, -0.2) is 0 Å². The van der Waals surface area contributed by atoms with E-state index in [0.717, 1.165) is 17.3 Å². The van der Waals surface area contributed by atoms with Gasteiger partial charge in [0.25, 0.3) is 11.1 Å². The Hall–Kier alpha value is -2.08. The first-order chi connectivity index (χ1) is 11.3. The van der Waals surface area contributed by atoms with Gasteiger partial charge in [-0.15, -0.1) is 0 Å². The van der Waals surface area contributed by atoms with Crippen LogP contribution in [-0.2, 0) is 9.59 Å². The number of carbonyl (C=O) groups excluding carboxylic acids is 3. The molecule has 2 rings (SSSR count). The minimum absolute atomic E-state index is 0.0747. The van der Waals surface area contributed by atoms with E-state index in [1.54, 1.807) is 6.08 Å². The fourth-order valence-corrected chi connectivity index (χ4v) is 3.11. The second kappa shape index (κ2) is 7.66. The highest BCUT2D eigenvalue weighted by Gasteiger charge is 2.34. The number of carbonyl (C=O) groups is 3. The van der Waals surface area contributed by atoms with Gasteiger partial charge in [-0.3, -0.25) is 19.3 Å². The lowest BCUT2D eigenvalue weighted by Gasteiger charge is -2.18. The van der Waals surface area contributed by atoms with Crippen LogP contribution in [0.25, 0.3) is 6.08 Å². The number of hydrogen-bond donors (Lipinski definition) is 1. The number of thioether (sulfide) groups is 1. The number of hydrogen-bond acceptors (Lipinski definition) is 4. The van der Waals surface area contributed by atoms with Crippen LogP contribution < -0.4 is 5.32 Å². The summed E-state index contributed by atoms with van der Waals surface area (Å²) in [5.41, 5.74) is 0.784. The molecule has 1 heterocycles. The number of nitrogens with one attached hydrogen (secondary N) is 1. The molecule has 24 heavy (non-hydrogen) atoms. The molecule has 0 aliphatic carbocycles. The Balaban J connectivity index is 1.91. The van der Waals surface area contributed by atoms with Gasteiger partial charge in [0, 0.05) is 19.5 Å².